The molecule has 0 bridgehead atoms. The quantitative estimate of drug-likeness (QED) is 0.330. The first-order chi connectivity index (χ1) is 12.3. The number of nitro groups is 1. The van der Waals surface area contributed by atoms with E-state index in [1.54, 1.807) is 6.92 Å². The normalized spacial score (nSPS) is 16.8. The van der Waals surface area contributed by atoms with Gasteiger partial charge in [-0.2, -0.15) is 0 Å². The molecule has 0 radical (unpaired) electrons. The Morgan fingerprint density at radius 3 is 2.58 bits per heavy atom. The summed E-state index contributed by atoms with van der Waals surface area (Å²) < 4.78 is 0. The van der Waals surface area contributed by atoms with Gasteiger partial charge in [-0.05, 0) is 36.8 Å². The number of non-ortho nitro benzene ring substituents is 1. The van der Waals surface area contributed by atoms with Gasteiger partial charge < -0.3 is 15.5 Å². The Morgan fingerprint density at radius 2 is 1.92 bits per heavy atom. The van der Waals surface area contributed by atoms with E-state index in [0.29, 0.717) is 11.3 Å². The highest BCUT2D eigenvalue weighted by Gasteiger charge is 2.40. The van der Waals surface area contributed by atoms with E-state index in [1.165, 1.54) is 18.2 Å². The second-order valence-electron chi connectivity index (χ2n) is 5.90. The number of phenolic OH excluding ortho intramolecular Hbond substituents is 2. The molecular formula is C17H15N3O6. The fourth-order valence-electron chi connectivity index (χ4n) is 2.83. The van der Waals surface area contributed by atoms with Gasteiger partial charge in [0.1, 0.15) is 17.5 Å². The van der Waals surface area contributed by atoms with Crippen LogP contribution in [0.5, 0.6) is 11.5 Å². The lowest BCUT2D eigenvalue weighted by molar-refractivity contribution is -0.384. The Kier molecular flexibility index (Phi) is 4.21. The summed E-state index contributed by atoms with van der Waals surface area (Å²) in [5, 5.41) is 32.9. The molecule has 9 heteroatoms. The van der Waals surface area contributed by atoms with Crippen molar-refractivity contribution in [1.29, 1.82) is 0 Å². The van der Waals surface area contributed by atoms with Crippen molar-refractivity contribution in [2.45, 2.75) is 19.4 Å². The third-order valence-electron chi connectivity index (χ3n) is 4.09. The molecule has 2 aromatic carbocycles. The van der Waals surface area contributed by atoms with Crippen molar-refractivity contribution < 1.29 is 24.7 Å². The molecule has 0 aliphatic carbocycles. The van der Waals surface area contributed by atoms with Gasteiger partial charge in [0.15, 0.2) is 0 Å². The van der Waals surface area contributed by atoms with E-state index < -0.39 is 22.8 Å². The number of phenols is 2. The van der Waals surface area contributed by atoms with E-state index in [0.717, 1.165) is 23.1 Å². The Bertz CT molecular complexity index is 927. The van der Waals surface area contributed by atoms with Gasteiger partial charge in [0, 0.05) is 12.1 Å². The van der Waals surface area contributed by atoms with Crippen LogP contribution in [0.15, 0.2) is 36.4 Å². The van der Waals surface area contributed by atoms with Crippen LogP contribution < -0.4 is 10.2 Å². The van der Waals surface area contributed by atoms with Crippen molar-refractivity contribution in [2.24, 2.45) is 0 Å². The lowest BCUT2D eigenvalue weighted by atomic mass is 10.1. The van der Waals surface area contributed by atoms with Gasteiger partial charge in [-0.25, -0.2) is 4.90 Å². The van der Waals surface area contributed by atoms with Crippen LogP contribution in [0.25, 0.3) is 0 Å². The number of anilines is 2. The van der Waals surface area contributed by atoms with Crippen LogP contribution in [0.4, 0.5) is 17.1 Å². The summed E-state index contributed by atoms with van der Waals surface area (Å²) in [4.78, 5) is 36.2. The van der Waals surface area contributed by atoms with Crippen LogP contribution in [-0.2, 0) is 9.59 Å². The zero-order chi connectivity index (χ0) is 19.0. The monoisotopic (exact) mass is 357 g/mol. The molecular weight excluding hydrogens is 342 g/mol. The summed E-state index contributed by atoms with van der Waals surface area (Å²) in [5.41, 5.74) is 0.638. The Labute approximate surface area is 147 Å². The Morgan fingerprint density at radius 1 is 1.19 bits per heavy atom. The number of benzene rings is 2. The molecule has 26 heavy (non-hydrogen) atoms. The van der Waals surface area contributed by atoms with Gasteiger partial charge in [-0.15, -0.1) is 0 Å². The van der Waals surface area contributed by atoms with Gasteiger partial charge in [-0.3, -0.25) is 19.7 Å². The molecule has 0 spiro atoms. The molecule has 2 aromatic rings. The maximum absolute atomic E-state index is 12.7. The summed E-state index contributed by atoms with van der Waals surface area (Å²) in [5.74, 6) is -1.25. The lowest BCUT2D eigenvalue weighted by Crippen LogP contribution is -2.35. The molecule has 1 fully saturated rings. The maximum Gasteiger partial charge on any atom is 0.271 e. The number of nitro benzene ring substituents is 1. The Balaban J connectivity index is 1.88. The van der Waals surface area contributed by atoms with Gasteiger partial charge in [0.25, 0.3) is 11.6 Å². The molecule has 134 valence electrons. The third-order valence-corrected chi connectivity index (χ3v) is 4.09. The van der Waals surface area contributed by atoms with Crippen LogP contribution in [0.2, 0.25) is 0 Å². The van der Waals surface area contributed by atoms with Crippen molar-refractivity contribution in [1.82, 2.24) is 0 Å². The van der Waals surface area contributed by atoms with Gasteiger partial charge in [0.2, 0.25) is 5.91 Å². The standard InChI is InChI=1S/C17H15N3O6/c1-9-6-11(21)3-4-14(9)19-16(23)8-13(17(19)24)18-12-7-10(20(25)26)2-5-15(12)22/h2-7,13,18,21-22H,8H2,1H3. The number of aryl methyl sites for hydroxylation is 1. The minimum Gasteiger partial charge on any atom is -0.508 e. The van der Waals surface area contributed by atoms with E-state index in [1.807, 2.05) is 0 Å². The van der Waals surface area contributed by atoms with Crippen LogP contribution in [0, 0.1) is 17.0 Å². The molecule has 1 saturated heterocycles. The van der Waals surface area contributed by atoms with E-state index in [4.69, 9.17) is 0 Å². The number of carbonyl (C=O) groups is 2. The minimum atomic E-state index is -0.969. The molecule has 0 aromatic heterocycles. The molecule has 3 rings (SSSR count). The molecule has 1 aliphatic heterocycles. The topological polar surface area (TPSA) is 133 Å². The fraction of sp³-hybridized carbons (Fsp3) is 0.176. The van der Waals surface area contributed by atoms with E-state index >= 15 is 0 Å². The van der Waals surface area contributed by atoms with Crippen molar-refractivity contribution >= 4 is 28.9 Å². The first-order valence-electron chi connectivity index (χ1n) is 7.68. The van der Waals surface area contributed by atoms with E-state index in [-0.39, 0.29) is 29.3 Å². The van der Waals surface area contributed by atoms with E-state index in [9.17, 15) is 29.9 Å². The van der Waals surface area contributed by atoms with Crippen LogP contribution in [0.3, 0.4) is 0 Å². The van der Waals surface area contributed by atoms with Gasteiger partial charge in [-0.1, -0.05) is 0 Å². The number of amides is 2. The minimum absolute atomic E-state index is 0.00497. The highest BCUT2D eigenvalue weighted by atomic mass is 16.6. The summed E-state index contributed by atoms with van der Waals surface area (Å²) in [6.07, 6.45) is -0.165. The van der Waals surface area contributed by atoms with Crippen molar-refractivity contribution in [3.63, 3.8) is 0 Å². The number of aromatic hydroxyl groups is 2. The number of imide groups is 1. The Hall–Kier alpha value is -3.62. The number of carbonyl (C=O) groups excluding carboxylic acids is 2. The SMILES string of the molecule is Cc1cc(O)ccc1N1C(=O)CC(Nc2cc([N+](=O)[O-])ccc2O)C1=O. The van der Waals surface area contributed by atoms with Crippen LogP contribution in [-0.4, -0.2) is 33.0 Å². The van der Waals surface area contributed by atoms with Crippen molar-refractivity contribution in [2.75, 3.05) is 10.2 Å². The first-order valence-corrected chi connectivity index (χ1v) is 7.68. The highest BCUT2D eigenvalue weighted by Crippen LogP contribution is 2.33. The molecule has 2 amide bonds. The van der Waals surface area contributed by atoms with Gasteiger partial charge >= 0.3 is 0 Å². The summed E-state index contributed by atoms with van der Waals surface area (Å²) in [6, 6.07) is 6.68. The predicted molar refractivity (Wildman–Crippen MR) is 92.1 cm³/mol. The zero-order valence-corrected chi connectivity index (χ0v) is 13.7. The lowest BCUT2D eigenvalue weighted by Gasteiger charge is -2.18. The molecule has 0 saturated carbocycles. The predicted octanol–water partition coefficient (Wildman–Crippen LogP) is 2.06. The average Bonchev–Trinajstić information content (AvgIpc) is 2.84. The molecule has 1 aliphatic rings. The summed E-state index contributed by atoms with van der Waals surface area (Å²) in [7, 11) is 0. The number of rotatable bonds is 4. The molecule has 1 unspecified atom stereocenters. The highest BCUT2D eigenvalue weighted by molar-refractivity contribution is 6.23. The summed E-state index contributed by atoms with van der Waals surface area (Å²) in [6.45, 7) is 1.66. The molecule has 1 atom stereocenters. The van der Waals surface area contributed by atoms with Crippen LogP contribution >= 0.6 is 0 Å². The average molecular weight is 357 g/mol. The number of nitrogens with zero attached hydrogens (tertiary/aromatic N) is 2. The molecule has 3 N–H and O–H groups in total. The zero-order valence-electron chi connectivity index (χ0n) is 13.7. The second-order valence-corrected chi connectivity index (χ2v) is 5.90. The number of hydrogen-bond donors (Lipinski definition) is 3. The fourth-order valence-corrected chi connectivity index (χ4v) is 2.83. The van der Waals surface area contributed by atoms with Crippen molar-refractivity contribution in [3.05, 3.63) is 52.1 Å². The van der Waals surface area contributed by atoms with Gasteiger partial charge in [0.05, 0.1) is 22.7 Å². The number of hydrogen-bond acceptors (Lipinski definition) is 7. The molecule has 1 heterocycles. The molecule has 9 nitrogen and oxygen atoms in total. The van der Waals surface area contributed by atoms with E-state index in [2.05, 4.69) is 5.32 Å². The first kappa shape index (κ1) is 17.2. The largest absolute Gasteiger partial charge is 0.508 e. The summed E-state index contributed by atoms with van der Waals surface area (Å²) >= 11 is 0. The third kappa shape index (κ3) is 3.02. The number of nitrogens with one attached hydrogen (secondary N) is 1. The smallest absolute Gasteiger partial charge is 0.271 e. The maximum atomic E-state index is 12.7. The second kappa shape index (κ2) is 6.36. The van der Waals surface area contributed by atoms with Crippen molar-refractivity contribution in [3.8, 4) is 11.5 Å². The van der Waals surface area contributed by atoms with Crippen LogP contribution in [0.1, 0.15) is 12.0 Å².